The molecular weight excluding hydrogens is 278 g/mol. The van der Waals surface area contributed by atoms with Gasteiger partial charge in [0.25, 0.3) is 0 Å². The second-order valence-electron chi connectivity index (χ2n) is 5.69. The highest BCUT2D eigenvalue weighted by Crippen LogP contribution is 2.37. The van der Waals surface area contributed by atoms with Crippen LogP contribution < -0.4 is 4.74 Å². The molecule has 2 heterocycles. The van der Waals surface area contributed by atoms with Crippen LogP contribution in [0.2, 0.25) is 0 Å². The smallest absolute Gasteiger partial charge is 0.227 e. The molecule has 0 radical (unpaired) electrons. The van der Waals surface area contributed by atoms with Gasteiger partial charge in [-0.15, -0.1) is 0 Å². The summed E-state index contributed by atoms with van der Waals surface area (Å²) >= 11 is 0. The first-order chi connectivity index (χ1) is 10.7. The lowest BCUT2D eigenvalue weighted by molar-refractivity contribution is -0.131. The van der Waals surface area contributed by atoms with Gasteiger partial charge < -0.3 is 9.64 Å². The van der Waals surface area contributed by atoms with Crippen LogP contribution in [0.3, 0.4) is 0 Å². The monoisotopic (exact) mass is 299 g/mol. The molecule has 1 saturated heterocycles. The molecular formula is C17H21N3O2. The van der Waals surface area contributed by atoms with Gasteiger partial charge in [-0.05, 0) is 24.5 Å². The van der Waals surface area contributed by atoms with Crippen molar-refractivity contribution >= 4 is 5.91 Å². The van der Waals surface area contributed by atoms with E-state index in [1.807, 2.05) is 36.3 Å². The van der Waals surface area contributed by atoms with Crippen LogP contribution >= 0.6 is 0 Å². The van der Waals surface area contributed by atoms with E-state index in [9.17, 15) is 4.79 Å². The number of benzene rings is 1. The molecule has 1 atom stereocenters. The quantitative estimate of drug-likeness (QED) is 0.870. The maximum Gasteiger partial charge on any atom is 0.227 e. The van der Waals surface area contributed by atoms with Crippen molar-refractivity contribution in [2.75, 3.05) is 13.7 Å². The van der Waals surface area contributed by atoms with E-state index >= 15 is 0 Å². The summed E-state index contributed by atoms with van der Waals surface area (Å²) in [6, 6.07) is 8.08. The summed E-state index contributed by atoms with van der Waals surface area (Å²) < 4.78 is 7.18. The molecule has 1 unspecified atom stereocenters. The third kappa shape index (κ3) is 2.84. The van der Waals surface area contributed by atoms with Crippen molar-refractivity contribution in [3.63, 3.8) is 0 Å². The van der Waals surface area contributed by atoms with Crippen molar-refractivity contribution in [1.82, 2.24) is 14.7 Å². The Bertz CT molecular complexity index is 665. The van der Waals surface area contributed by atoms with E-state index in [2.05, 4.69) is 11.2 Å². The lowest BCUT2D eigenvalue weighted by Gasteiger charge is -2.26. The fraction of sp³-hybridized carbons (Fsp3) is 0.412. The number of likely N-dealkylation sites (tertiary alicyclic amines) is 1. The summed E-state index contributed by atoms with van der Waals surface area (Å²) in [5.41, 5.74) is 2.06. The summed E-state index contributed by atoms with van der Waals surface area (Å²) in [5.74, 6) is 1.01. The highest BCUT2D eigenvalue weighted by molar-refractivity contribution is 5.79. The van der Waals surface area contributed by atoms with Crippen molar-refractivity contribution in [3.05, 3.63) is 47.8 Å². The fourth-order valence-electron chi connectivity index (χ4n) is 3.17. The number of carbonyl (C=O) groups excluding carboxylic acids is 1. The number of rotatable bonds is 4. The normalized spacial score (nSPS) is 17.7. The zero-order valence-corrected chi connectivity index (χ0v) is 13.0. The molecule has 1 aromatic carbocycles. The maximum atomic E-state index is 12.7. The van der Waals surface area contributed by atoms with Gasteiger partial charge in [0.15, 0.2) is 0 Å². The number of amides is 1. The third-order valence-electron chi connectivity index (χ3n) is 4.18. The zero-order valence-electron chi connectivity index (χ0n) is 13.0. The largest absolute Gasteiger partial charge is 0.496 e. The molecule has 22 heavy (non-hydrogen) atoms. The standard InChI is InChI=1S/C17H21N3O2/c1-19-12-13(11-18-19)10-17(21)20-9-5-7-15(20)14-6-3-4-8-16(14)22-2/h3-4,6,8,11-12,15H,5,7,9-10H2,1-2H3. The van der Waals surface area contributed by atoms with Gasteiger partial charge >= 0.3 is 0 Å². The van der Waals surface area contributed by atoms with Gasteiger partial charge in [-0.2, -0.15) is 5.10 Å². The summed E-state index contributed by atoms with van der Waals surface area (Å²) in [4.78, 5) is 14.6. The minimum Gasteiger partial charge on any atom is -0.496 e. The average Bonchev–Trinajstić information content (AvgIpc) is 3.16. The Labute approximate surface area is 130 Å². The van der Waals surface area contributed by atoms with E-state index < -0.39 is 0 Å². The second-order valence-corrected chi connectivity index (χ2v) is 5.69. The first kappa shape index (κ1) is 14.6. The van der Waals surface area contributed by atoms with Crippen LogP contribution in [0.5, 0.6) is 5.75 Å². The molecule has 5 nitrogen and oxygen atoms in total. The van der Waals surface area contributed by atoms with E-state index in [0.29, 0.717) is 6.42 Å². The number of carbonyl (C=O) groups is 1. The summed E-state index contributed by atoms with van der Waals surface area (Å²) in [7, 11) is 3.54. The Morgan fingerprint density at radius 1 is 1.41 bits per heavy atom. The molecule has 2 aromatic rings. The van der Waals surface area contributed by atoms with Gasteiger partial charge in [0, 0.05) is 25.4 Å². The van der Waals surface area contributed by atoms with Gasteiger partial charge in [-0.1, -0.05) is 18.2 Å². The molecule has 0 bridgehead atoms. The Kier molecular flexibility index (Phi) is 4.13. The van der Waals surface area contributed by atoms with Crippen molar-refractivity contribution in [3.8, 4) is 5.75 Å². The average molecular weight is 299 g/mol. The van der Waals surface area contributed by atoms with Crippen LogP contribution in [0.4, 0.5) is 0 Å². The molecule has 0 saturated carbocycles. The Morgan fingerprint density at radius 3 is 2.95 bits per heavy atom. The first-order valence-corrected chi connectivity index (χ1v) is 7.59. The lowest BCUT2D eigenvalue weighted by atomic mass is 10.0. The number of hydrogen-bond donors (Lipinski definition) is 0. The molecule has 0 N–H and O–H groups in total. The zero-order chi connectivity index (χ0) is 15.5. The van der Waals surface area contributed by atoms with Crippen LogP contribution in [-0.4, -0.2) is 34.2 Å². The topological polar surface area (TPSA) is 47.4 Å². The molecule has 1 aromatic heterocycles. The van der Waals surface area contributed by atoms with Gasteiger partial charge in [0.05, 0.1) is 25.8 Å². The van der Waals surface area contributed by atoms with Crippen LogP contribution in [0.1, 0.15) is 30.0 Å². The predicted molar refractivity (Wildman–Crippen MR) is 83.6 cm³/mol. The lowest BCUT2D eigenvalue weighted by Crippen LogP contribution is -2.31. The Morgan fingerprint density at radius 2 is 2.23 bits per heavy atom. The maximum absolute atomic E-state index is 12.7. The highest BCUT2D eigenvalue weighted by Gasteiger charge is 2.31. The molecule has 1 aliphatic heterocycles. The first-order valence-electron chi connectivity index (χ1n) is 7.59. The van der Waals surface area contributed by atoms with Gasteiger partial charge in [0.2, 0.25) is 5.91 Å². The van der Waals surface area contributed by atoms with Gasteiger partial charge in [-0.3, -0.25) is 9.48 Å². The molecule has 1 amide bonds. The van der Waals surface area contributed by atoms with Gasteiger partial charge in [0.1, 0.15) is 5.75 Å². The number of aryl methyl sites for hydroxylation is 1. The van der Waals surface area contributed by atoms with Crippen LogP contribution in [-0.2, 0) is 18.3 Å². The van der Waals surface area contributed by atoms with E-state index in [1.165, 1.54) is 0 Å². The van der Waals surface area contributed by atoms with E-state index in [1.54, 1.807) is 18.0 Å². The van der Waals surface area contributed by atoms with E-state index in [-0.39, 0.29) is 11.9 Å². The van der Waals surface area contributed by atoms with Crippen molar-refractivity contribution in [2.45, 2.75) is 25.3 Å². The van der Waals surface area contributed by atoms with E-state index in [4.69, 9.17) is 4.74 Å². The minimum absolute atomic E-state index is 0.111. The number of hydrogen-bond acceptors (Lipinski definition) is 3. The molecule has 3 rings (SSSR count). The molecule has 1 fully saturated rings. The number of para-hydroxylation sites is 1. The van der Waals surface area contributed by atoms with E-state index in [0.717, 1.165) is 36.3 Å². The number of nitrogens with zero attached hydrogens (tertiary/aromatic N) is 3. The molecule has 1 aliphatic rings. The summed E-state index contributed by atoms with van der Waals surface area (Å²) in [5, 5.41) is 4.13. The van der Waals surface area contributed by atoms with Crippen LogP contribution in [0, 0.1) is 0 Å². The Hall–Kier alpha value is -2.30. The minimum atomic E-state index is 0.111. The molecule has 116 valence electrons. The molecule has 0 aliphatic carbocycles. The fourth-order valence-corrected chi connectivity index (χ4v) is 3.17. The highest BCUT2D eigenvalue weighted by atomic mass is 16.5. The summed E-state index contributed by atoms with van der Waals surface area (Å²) in [6.07, 6.45) is 6.07. The van der Waals surface area contributed by atoms with Crippen LogP contribution in [0.25, 0.3) is 0 Å². The predicted octanol–water partition coefficient (Wildman–Crippen LogP) is 2.33. The van der Waals surface area contributed by atoms with Gasteiger partial charge in [-0.25, -0.2) is 0 Å². The van der Waals surface area contributed by atoms with Crippen molar-refractivity contribution in [2.24, 2.45) is 7.05 Å². The number of ether oxygens (including phenoxy) is 1. The molecule has 5 heteroatoms. The molecule has 0 spiro atoms. The Balaban J connectivity index is 1.79. The SMILES string of the molecule is COc1ccccc1C1CCCN1C(=O)Cc1cnn(C)c1. The second kappa shape index (κ2) is 6.22. The van der Waals surface area contributed by atoms with Crippen molar-refractivity contribution in [1.29, 1.82) is 0 Å². The third-order valence-corrected chi connectivity index (χ3v) is 4.18. The number of methoxy groups -OCH3 is 1. The number of aromatic nitrogens is 2. The van der Waals surface area contributed by atoms with Crippen molar-refractivity contribution < 1.29 is 9.53 Å². The van der Waals surface area contributed by atoms with Crippen LogP contribution in [0.15, 0.2) is 36.7 Å². The summed E-state index contributed by atoms with van der Waals surface area (Å²) in [6.45, 7) is 0.807.